The number of nitrogens with zero attached hydrogens (tertiary/aromatic N) is 1. The first-order valence-corrected chi connectivity index (χ1v) is 8.21. The van der Waals surface area contributed by atoms with Gasteiger partial charge >= 0.3 is 5.97 Å². The van der Waals surface area contributed by atoms with Crippen molar-refractivity contribution >= 4 is 17.8 Å². The first-order chi connectivity index (χ1) is 11.8. The highest BCUT2D eigenvalue weighted by atomic mass is 16.5. The average molecular weight is 348 g/mol. The van der Waals surface area contributed by atoms with E-state index in [1.54, 1.807) is 0 Å². The second-order valence-electron chi connectivity index (χ2n) is 6.29. The number of hydrogen-bond acceptors (Lipinski definition) is 5. The molecule has 7 nitrogen and oxygen atoms in total. The Hall–Kier alpha value is -2.41. The van der Waals surface area contributed by atoms with Crippen LogP contribution in [0.25, 0.3) is 0 Å². The summed E-state index contributed by atoms with van der Waals surface area (Å²) < 4.78 is 4.80. The summed E-state index contributed by atoms with van der Waals surface area (Å²) in [5.41, 5.74) is 1.93. The molecule has 0 aliphatic carbocycles. The van der Waals surface area contributed by atoms with Crippen molar-refractivity contribution in [3.05, 3.63) is 35.4 Å². The fraction of sp³-hybridized carbons (Fsp3) is 0.500. The van der Waals surface area contributed by atoms with Crippen molar-refractivity contribution in [1.29, 1.82) is 0 Å². The molecule has 0 spiro atoms. The Balaban J connectivity index is 2.14. The van der Waals surface area contributed by atoms with Gasteiger partial charge in [0.15, 0.2) is 0 Å². The molecular formula is C18H24N2O5. The monoisotopic (exact) mass is 348 g/mol. The van der Waals surface area contributed by atoms with Crippen molar-refractivity contribution in [3.63, 3.8) is 0 Å². The Kier molecular flexibility index (Phi) is 6.14. The highest BCUT2D eigenvalue weighted by Gasteiger charge is 2.38. The number of aryl methyl sites for hydroxylation is 1. The lowest BCUT2D eigenvalue weighted by molar-refractivity contribution is -0.146. The fourth-order valence-electron chi connectivity index (χ4n) is 3.07. The van der Waals surface area contributed by atoms with Crippen LogP contribution in [0.4, 0.5) is 0 Å². The number of rotatable bonds is 5. The van der Waals surface area contributed by atoms with Gasteiger partial charge in [-0.1, -0.05) is 24.3 Å². The van der Waals surface area contributed by atoms with Gasteiger partial charge in [0.05, 0.1) is 13.2 Å². The Morgan fingerprint density at radius 2 is 2.04 bits per heavy atom. The number of carbonyl (C=O) groups is 3. The second-order valence-corrected chi connectivity index (χ2v) is 6.29. The van der Waals surface area contributed by atoms with E-state index in [1.807, 2.05) is 31.2 Å². The summed E-state index contributed by atoms with van der Waals surface area (Å²) in [5, 5.41) is 12.4. The van der Waals surface area contributed by atoms with E-state index in [-0.39, 0.29) is 18.9 Å². The standard InChI is InChI=1S/C18H24N2O5/c1-11-6-4-5-7-13(11)8-15(18(24)25-3)19-17(23)16-9-14(22)10-20(16)12(2)21/h4-7,14-16,22H,8-10H2,1-3H3,(H,19,23)/t14-,15+,16+/m1/s1. The summed E-state index contributed by atoms with van der Waals surface area (Å²) >= 11 is 0. The summed E-state index contributed by atoms with van der Waals surface area (Å²) in [4.78, 5) is 37.7. The molecule has 3 atom stereocenters. The quantitative estimate of drug-likeness (QED) is 0.740. The predicted molar refractivity (Wildman–Crippen MR) is 90.6 cm³/mol. The lowest BCUT2D eigenvalue weighted by atomic mass is 10.0. The van der Waals surface area contributed by atoms with Gasteiger partial charge in [-0.25, -0.2) is 4.79 Å². The third-order valence-electron chi connectivity index (χ3n) is 4.47. The number of aliphatic hydroxyl groups is 1. The Morgan fingerprint density at radius 3 is 2.64 bits per heavy atom. The first kappa shape index (κ1) is 18.9. The topological polar surface area (TPSA) is 95.9 Å². The van der Waals surface area contributed by atoms with E-state index < -0.39 is 30.1 Å². The van der Waals surface area contributed by atoms with Crippen LogP contribution < -0.4 is 5.32 Å². The number of nitrogens with one attached hydrogen (secondary N) is 1. The third-order valence-corrected chi connectivity index (χ3v) is 4.47. The van der Waals surface area contributed by atoms with Gasteiger partial charge < -0.3 is 20.1 Å². The lowest BCUT2D eigenvalue weighted by Gasteiger charge is -2.25. The average Bonchev–Trinajstić information content (AvgIpc) is 2.97. The van der Waals surface area contributed by atoms with Crippen LogP contribution >= 0.6 is 0 Å². The van der Waals surface area contributed by atoms with E-state index >= 15 is 0 Å². The van der Waals surface area contributed by atoms with Crippen LogP contribution in [0.3, 0.4) is 0 Å². The van der Waals surface area contributed by atoms with E-state index in [2.05, 4.69) is 5.32 Å². The normalized spacial score (nSPS) is 20.9. The van der Waals surface area contributed by atoms with Gasteiger partial charge in [0.1, 0.15) is 12.1 Å². The minimum absolute atomic E-state index is 0.119. The van der Waals surface area contributed by atoms with Crippen LogP contribution in [0, 0.1) is 6.92 Å². The number of likely N-dealkylation sites (tertiary alicyclic amines) is 1. The second kappa shape index (κ2) is 8.11. The van der Waals surface area contributed by atoms with Crippen molar-refractivity contribution in [2.75, 3.05) is 13.7 Å². The number of aliphatic hydroxyl groups excluding tert-OH is 1. The Morgan fingerprint density at radius 1 is 1.36 bits per heavy atom. The molecule has 7 heteroatoms. The summed E-state index contributed by atoms with van der Waals surface area (Å²) in [5.74, 6) is -1.30. The zero-order valence-electron chi connectivity index (χ0n) is 14.7. The van der Waals surface area contributed by atoms with Gasteiger partial charge in [-0.2, -0.15) is 0 Å². The van der Waals surface area contributed by atoms with E-state index in [0.717, 1.165) is 11.1 Å². The molecule has 1 fully saturated rings. The van der Waals surface area contributed by atoms with Gasteiger partial charge in [-0.15, -0.1) is 0 Å². The maximum Gasteiger partial charge on any atom is 0.328 e. The number of hydrogen-bond donors (Lipinski definition) is 2. The maximum absolute atomic E-state index is 12.6. The summed E-state index contributed by atoms with van der Waals surface area (Å²) in [6, 6.07) is 5.94. The van der Waals surface area contributed by atoms with Crippen molar-refractivity contribution < 1.29 is 24.2 Å². The molecule has 1 saturated heterocycles. The summed E-state index contributed by atoms with van der Waals surface area (Å²) in [6.07, 6.45) is -0.294. The number of β-amino-alcohol motifs (C(OH)–C–C–N with tert-alkyl or cyclic N) is 1. The molecule has 2 N–H and O–H groups in total. The highest BCUT2D eigenvalue weighted by molar-refractivity contribution is 5.91. The van der Waals surface area contributed by atoms with Crippen LogP contribution in [-0.2, 0) is 25.5 Å². The van der Waals surface area contributed by atoms with Gasteiger partial charge in [-0.3, -0.25) is 9.59 Å². The molecule has 2 amide bonds. The van der Waals surface area contributed by atoms with Crippen LogP contribution in [0.1, 0.15) is 24.5 Å². The molecule has 1 aliphatic rings. The van der Waals surface area contributed by atoms with Gasteiger partial charge in [0, 0.05) is 26.3 Å². The molecule has 0 bridgehead atoms. The highest BCUT2D eigenvalue weighted by Crippen LogP contribution is 2.19. The number of esters is 1. The SMILES string of the molecule is COC(=O)[C@H](Cc1ccccc1C)NC(=O)[C@@H]1C[C@@H](O)CN1C(C)=O. The predicted octanol–water partition coefficient (Wildman–Crippen LogP) is 0.177. The number of carbonyl (C=O) groups excluding carboxylic acids is 3. The lowest BCUT2D eigenvalue weighted by Crippen LogP contribution is -2.51. The molecule has 0 radical (unpaired) electrons. The maximum atomic E-state index is 12.6. The molecule has 2 rings (SSSR count). The van der Waals surface area contributed by atoms with Crippen molar-refractivity contribution in [2.24, 2.45) is 0 Å². The van der Waals surface area contributed by atoms with Crippen LogP contribution in [0.2, 0.25) is 0 Å². The van der Waals surface area contributed by atoms with E-state index in [4.69, 9.17) is 4.74 Å². The van der Waals surface area contributed by atoms with Gasteiger partial charge in [0.25, 0.3) is 0 Å². The largest absolute Gasteiger partial charge is 0.467 e. The molecular weight excluding hydrogens is 324 g/mol. The third kappa shape index (κ3) is 4.57. The van der Waals surface area contributed by atoms with Gasteiger partial charge in [-0.05, 0) is 18.1 Å². The van der Waals surface area contributed by atoms with Gasteiger partial charge in [0.2, 0.25) is 11.8 Å². The zero-order valence-corrected chi connectivity index (χ0v) is 14.7. The van der Waals surface area contributed by atoms with Crippen molar-refractivity contribution in [1.82, 2.24) is 10.2 Å². The van der Waals surface area contributed by atoms with Crippen LogP contribution in [-0.4, -0.2) is 59.6 Å². The first-order valence-electron chi connectivity index (χ1n) is 8.21. The Bertz CT molecular complexity index is 661. The van der Waals surface area contributed by atoms with Crippen LogP contribution in [0.15, 0.2) is 24.3 Å². The summed E-state index contributed by atoms with van der Waals surface area (Å²) in [7, 11) is 1.26. The molecule has 25 heavy (non-hydrogen) atoms. The molecule has 136 valence electrons. The molecule has 1 aromatic rings. The number of ether oxygens (including phenoxy) is 1. The van der Waals surface area contributed by atoms with Crippen molar-refractivity contribution in [3.8, 4) is 0 Å². The minimum atomic E-state index is -0.856. The zero-order chi connectivity index (χ0) is 18.6. The van der Waals surface area contributed by atoms with E-state index in [1.165, 1.54) is 18.9 Å². The van der Waals surface area contributed by atoms with Crippen molar-refractivity contribution in [2.45, 2.75) is 44.9 Å². The fourth-order valence-corrected chi connectivity index (χ4v) is 3.07. The molecule has 0 saturated carbocycles. The number of amides is 2. The molecule has 1 aromatic carbocycles. The Labute approximate surface area is 147 Å². The minimum Gasteiger partial charge on any atom is -0.467 e. The molecule has 1 aliphatic heterocycles. The molecule has 0 aromatic heterocycles. The molecule has 0 unspecified atom stereocenters. The number of methoxy groups -OCH3 is 1. The smallest absolute Gasteiger partial charge is 0.328 e. The van der Waals surface area contributed by atoms with Crippen LogP contribution in [0.5, 0.6) is 0 Å². The number of benzene rings is 1. The molecule has 1 heterocycles. The van der Waals surface area contributed by atoms with E-state index in [0.29, 0.717) is 6.42 Å². The summed E-state index contributed by atoms with van der Waals surface area (Å²) in [6.45, 7) is 3.40. The van der Waals surface area contributed by atoms with E-state index in [9.17, 15) is 19.5 Å².